The summed E-state index contributed by atoms with van der Waals surface area (Å²) in [5.74, 6) is -0.0763. The highest BCUT2D eigenvalue weighted by atomic mass is 32.1. The predicted octanol–water partition coefficient (Wildman–Crippen LogP) is 2.61. The van der Waals surface area contributed by atoms with Crippen LogP contribution < -0.4 is 0 Å². The van der Waals surface area contributed by atoms with E-state index in [4.69, 9.17) is 0 Å². The monoisotopic (exact) mass is 370 g/mol. The van der Waals surface area contributed by atoms with Gasteiger partial charge in [0.15, 0.2) is 5.65 Å². The Kier molecular flexibility index (Phi) is 4.69. The maximum absolute atomic E-state index is 12.4. The molecule has 4 heterocycles. The van der Waals surface area contributed by atoms with Crippen LogP contribution in [0.1, 0.15) is 47.1 Å². The number of rotatable bonds is 4. The zero-order valence-corrected chi connectivity index (χ0v) is 15.8. The van der Waals surface area contributed by atoms with Crippen molar-refractivity contribution >= 4 is 22.9 Å². The number of nitrogens with zero attached hydrogens (tertiary/aromatic N) is 6. The van der Waals surface area contributed by atoms with Gasteiger partial charge in [0.05, 0.1) is 29.1 Å². The van der Waals surface area contributed by atoms with Gasteiger partial charge in [0, 0.05) is 32.2 Å². The molecular weight excluding hydrogens is 348 g/mol. The minimum atomic E-state index is -0.0763. The number of hydrogen-bond acceptors (Lipinski definition) is 6. The standard InChI is InChI=1S/C18H22N6OS/c1-22(2)18(25)14-9-21-24-16(6-7-19-17(14)24)15-5-3-4-8-23(15)10-13-11-26-12-20-13/h6-7,9,11-12,15H,3-5,8,10H2,1-2H3/t15-/m0/s1. The average molecular weight is 370 g/mol. The third kappa shape index (κ3) is 3.10. The minimum absolute atomic E-state index is 0.0763. The van der Waals surface area contributed by atoms with Crippen molar-refractivity contribution in [1.29, 1.82) is 0 Å². The second-order valence-electron chi connectivity index (χ2n) is 6.82. The molecule has 3 aromatic rings. The second-order valence-corrected chi connectivity index (χ2v) is 7.54. The summed E-state index contributed by atoms with van der Waals surface area (Å²) in [4.78, 5) is 25.3. The summed E-state index contributed by atoms with van der Waals surface area (Å²) in [6.45, 7) is 1.87. The fourth-order valence-corrected chi connectivity index (χ4v) is 4.14. The Morgan fingerprint density at radius 1 is 1.35 bits per heavy atom. The van der Waals surface area contributed by atoms with Crippen LogP contribution in [-0.4, -0.2) is 55.9 Å². The molecule has 1 atom stereocenters. The summed E-state index contributed by atoms with van der Waals surface area (Å²) < 4.78 is 1.83. The fourth-order valence-electron chi connectivity index (χ4n) is 3.59. The number of carbonyl (C=O) groups excluding carboxylic acids is 1. The Morgan fingerprint density at radius 2 is 2.23 bits per heavy atom. The molecule has 7 nitrogen and oxygen atoms in total. The van der Waals surface area contributed by atoms with Gasteiger partial charge in [-0.15, -0.1) is 11.3 Å². The first-order valence-corrected chi connectivity index (χ1v) is 9.75. The van der Waals surface area contributed by atoms with Crippen molar-refractivity contribution in [2.24, 2.45) is 0 Å². The van der Waals surface area contributed by atoms with Gasteiger partial charge >= 0.3 is 0 Å². The van der Waals surface area contributed by atoms with Gasteiger partial charge in [-0.3, -0.25) is 9.69 Å². The fraction of sp³-hybridized carbons (Fsp3) is 0.444. The van der Waals surface area contributed by atoms with E-state index in [0.717, 1.165) is 30.9 Å². The van der Waals surface area contributed by atoms with Crippen LogP contribution in [-0.2, 0) is 6.54 Å². The number of hydrogen-bond donors (Lipinski definition) is 0. The number of piperidine rings is 1. The molecule has 1 fully saturated rings. The highest BCUT2D eigenvalue weighted by molar-refractivity contribution is 7.07. The smallest absolute Gasteiger partial charge is 0.258 e. The molecule has 0 spiro atoms. The molecule has 4 rings (SSSR count). The van der Waals surface area contributed by atoms with E-state index in [1.165, 1.54) is 12.8 Å². The Hall–Kier alpha value is -2.32. The first kappa shape index (κ1) is 17.1. The molecule has 0 unspecified atom stereocenters. The topological polar surface area (TPSA) is 66.6 Å². The molecule has 1 aliphatic heterocycles. The second kappa shape index (κ2) is 7.13. The third-order valence-corrected chi connectivity index (χ3v) is 5.51. The van der Waals surface area contributed by atoms with E-state index in [-0.39, 0.29) is 11.9 Å². The van der Waals surface area contributed by atoms with E-state index in [0.29, 0.717) is 11.2 Å². The van der Waals surface area contributed by atoms with Gasteiger partial charge in [0.2, 0.25) is 0 Å². The number of carbonyl (C=O) groups is 1. The first-order valence-electron chi connectivity index (χ1n) is 8.80. The van der Waals surface area contributed by atoms with Crippen LogP contribution in [0.15, 0.2) is 29.4 Å². The van der Waals surface area contributed by atoms with Crippen LogP contribution >= 0.6 is 11.3 Å². The van der Waals surface area contributed by atoms with Crippen LogP contribution in [0.5, 0.6) is 0 Å². The van der Waals surface area contributed by atoms with Crippen LogP contribution in [0.2, 0.25) is 0 Å². The molecule has 1 saturated heterocycles. The zero-order chi connectivity index (χ0) is 18.1. The first-order chi connectivity index (χ1) is 12.6. The van der Waals surface area contributed by atoms with Crippen LogP contribution in [0.25, 0.3) is 5.65 Å². The Morgan fingerprint density at radius 3 is 3.00 bits per heavy atom. The molecule has 0 bridgehead atoms. The molecule has 0 aromatic carbocycles. The van der Waals surface area contributed by atoms with E-state index in [2.05, 4.69) is 25.3 Å². The van der Waals surface area contributed by atoms with Gasteiger partial charge in [0.25, 0.3) is 5.91 Å². The average Bonchev–Trinajstić information content (AvgIpc) is 3.31. The summed E-state index contributed by atoms with van der Waals surface area (Å²) in [7, 11) is 3.48. The van der Waals surface area contributed by atoms with Crippen molar-refractivity contribution in [2.45, 2.75) is 31.8 Å². The lowest BCUT2D eigenvalue weighted by Crippen LogP contribution is -2.34. The third-order valence-electron chi connectivity index (χ3n) is 4.87. The molecule has 1 amide bonds. The molecule has 0 N–H and O–H groups in total. The number of likely N-dealkylation sites (tertiary alicyclic amines) is 1. The predicted molar refractivity (Wildman–Crippen MR) is 100 cm³/mol. The van der Waals surface area contributed by atoms with Crippen molar-refractivity contribution in [3.8, 4) is 0 Å². The van der Waals surface area contributed by atoms with Crippen LogP contribution in [0.4, 0.5) is 0 Å². The van der Waals surface area contributed by atoms with Crippen molar-refractivity contribution in [2.75, 3.05) is 20.6 Å². The Bertz CT molecular complexity index is 904. The highest BCUT2D eigenvalue weighted by Gasteiger charge is 2.28. The maximum Gasteiger partial charge on any atom is 0.258 e. The summed E-state index contributed by atoms with van der Waals surface area (Å²) in [6, 6.07) is 2.27. The molecule has 136 valence electrons. The van der Waals surface area contributed by atoms with Crippen molar-refractivity contribution in [1.82, 2.24) is 29.4 Å². The van der Waals surface area contributed by atoms with Crippen LogP contribution in [0, 0.1) is 0 Å². The quantitative estimate of drug-likeness (QED) is 0.706. The molecular formula is C18H22N6OS. The lowest BCUT2D eigenvalue weighted by molar-refractivity contribution is 0.0829. The Labute approximate surface area is 156 Å². The number of aromatic nitrogens is 4. The normalized spacial score (nSPS) is 18.3. The van der Waals surface area contributed by atoms with Gasteiger partial charge in [-0.2, -0.15) is 5.10 Å². The lowest BCUT2D eigenvalue weighted by atomic mass is 9.99. The number of amides is 1. The number of fused-ring (bicyclic) bond motifs is 1. The van der Waals surface area contributed by atoms with Crippen LogP contribution in [0.3, 0.4) is 0 Å². The number of thiazole rings is 1. The molecule has 0 aliphatic carbocycles. The highest BCUT2D eigenvalue weighted by Crippen LogP contribution is 2.32. The Balaban J connectivity index is 1.71. The van der Waals surface area contributed by atoms with Crippen molar-refractivity contribution in [3.63, 3.8) is 0 Å². The summed E-state index contributed by atoms with van der Waals surface area (Å²) in [5, 5.41) is 6.60. The van der Waals surface area contributed by atoms with E-state index in [9.17, 15) is 4.79 Å². The van der Waals surface area contributed by atoms with E-state index in [1.807, 2.05) is 16.1 Å². The van der Waals surface area contributed by atoms with Gasteiger partial charge in [0.1, 0.15) is 5.56 Å². The largest absolute Gasteiger partial charge is 0.345 e. The van der Waals surface area contributed by atoms with Crippen molar-refractivity contribution in [3.05, 3.63) is 46.3 Å². The van der Waals surface area contributed by atoms with Gasteiger partial charge in [-0.25, -0.2) is 14.5 Å². The molecule has 1 aliphatic rings. The molecule has 0 radical (unpaired) electrons. The summed E-state index contributed by atoms with van der Waals surface area (Å²) >= 11 is 1.63. The SMILES string of the molecule is CN(C)C(=O)c1cnn2c([C@@H]3CCCCN3Cc3cscn3)ccnc12. The van der Waals surface area contributed by atoms with Gasteiger partial charge in [-0.05, 0) is 25.5 Å². The molecule has 26 heavy (non-hydrogen) atoms. The summed E-state index contributed by atoms with van der Waals surface area (Å²) in [5.41, 5.74) is 5.24. The molecule has 0 saturated carbocycles. The van der Waals surface area contributed by atoms with Gasteiger partial charge < -0.3 is 4.90 Å². The van der Waals surface area contributed by atoms with Gasteiger partial charge in [-0.1, -0.05) is 6.42 Å². The molecule has 8 heteroatoms. The zero-order valence-electron chi connectivity index (χ0n) is 15.0. The van der Waals surface area contributed by atoms with Crippen molar-refractivity contribution < 1.29 is 4.79 Å². The summed E-state index contributed by atoms with van der Waals surface area (Å²) in [6.07, 6.45) is 6.86. The van der Waals surface area contributed by atoms with E-state index in [1.54, 1.807) is 42.7 Å². The minimum Gasteiger partial charge on any atom is -0.345 e. The van der Waals surface area contributed by atoms with E-state index >= 15 is 0 Å². The maximum atomic E-state index is 12.4. The van der Waals surface area contributed by atoms with E-state index < -0.39 is 0 Å². The molecule has 3 aromatic heterocycles. The lowest BCUT2D eigenvalue weighted by Gasteiger charge is -2.35.